The first-order chi connectivity index (χ1) is 11.8. The van der Waals surface area contributed by atoms with Crippen LogP contribution in [0.3, 0.4) is 0 Å². The molecule has 2 aromatic rings. The molecule has 128 valence electrons. The maximum atomic E-state index is 12.1. The number of para-hydroxylation sites is 1. The predicted molar refractivity (Wildman–Crippen MR) is 92.3 cm³/mol. The van der Waals surface area contributed by atoms with Gasteiger partial charge in [0.2, 0.25) is 0 Å². The predicted octanol–water partition coefficient (Wildman–Crippen LogP) is 2.01. The SMILES string of the molecule is O=C(NCCCOc1ccccc1)c1ccn(C2CCCNC2)n1. The molecule has 1 aliphatic heterocycles. The summed E-state index contributed by atoms with van der Waals surface area (Å²) in [7, 11) is 0. The first kappa shape index (κ1) is 16.5. The Morgan fingerprint density at radius 1 is 1.33 bits per heavy atom. The van der Waals surface area contributed by atoms with Gasteiger partial charge in [0.15, 0.2) is 0 Å². The number of rotatable bonds is 7. The molecule has 1 saturated heterocycles. The van der Waals surface area contributed by atoms with Crippen molar-refractivity contribution >= 4 is 5.91 Å². The Morgan fingerprint density at radius 3 is 3.00 bits per heavy atom. The number of aromatic nitrogens is 2. The zero-order valence-corrected chi connectivity index (χ0v) is 13.8. The summed E-state index contributed by atoms with van der Waals surface area (Å²) in [4.78, 5) is 12.1. The summed E-state index contributed by atoms with van der Waals surface area (Å²) in [5.74, 6) is 0.723. The van der Waals surface area contributed by atoms with Gasteiger partial charge in [0.1, 0.15) is 11.4 Å². The largest absolute Gasteiger partial charge is 0.494 e. The van der Waals surface area contributed by atoms with Gasteiger partial charge in [-0.2, -0.15) is 5.10 Å². The molecular weight excluding hydrogens is 304 g/mol. The molecular formula is C18H24N4O2. The summed E-state index contributed by atoms with van der Waals surface area (Å²) in [5.41, 5.74) is 0.476. The lowest BCUT2D eigenvalue weighted by molar-refractivity contribution is 0.0945. The van der Waals surface area contributed by atoms with Gasteiger partial charge in [-0.1, -0.05) is 18.2 Å². The van der Waals surface area contributed by atoms with Gasteiger partial charge in [-0.25, -0.2) is 0 Å². The molecule has 0 radical (unpaired) electrons. The normalized spacial score (nSPS) is 17.4. The van der Waals surface area contributed by atoms with Crippen molar-refractivity contribution in [3.8, 4) is 5.75 Å². The number of benzene rings is 1. The maximum Gasteiger partial charge on any atom is 0.271 e. The summed E-state index contributed by atoms with van der Waals surface area (Å²) < 4.78 is 7.50. The molecule has 6 nitrogen and oxygen atoms in total. The number of hydrogen-bond acceptors (Lipinski definition) is 4. The summed E-state index contributed by atoms with van der Waals surface area (Å²) in [6, 6.07) is 11.8. The fourth-order valence-electron chi connectivity index (χ4n) is 2.79. The standard InChI is InChI=1S/C18H24N4O2/c23-18(20-11-5-13-24-16-7-2-1-3-8-16)17-9-12-22(21-17)15-6-4-10-19-14-15/h1-3,7-9,12,15,19H,4-6,10-11,13-14H2,(H,20,23). The lowest BCUT2D eigenvalue weighted by Gasteiger charge is -2.22. The summed E-state index contributed by atoms with van der Waals surface area (Å²) in [6.45, 7) is 3.13. The van der Waals surface area contributed by atoms with Crippen molar-refractivity contribution in [2.45, 2.75) is 25.3 Å². The number of hydrogen-bond donors (Lipinski definition) is 2. The molecule has 1 aliphatic rings. The highest BCUT2D eigenvalue weighted by molar-refractivity contribution is 5.92. The van der Waals surface area contributed by atoms with E-state index < -0.39 is 0 Å². The van der Waals surface area contributed by atoms with Gasteiger partial charge in [-0.15, -0.1) is 0 Å². The summed E-state index contributed by atoms with van der Waals surface area (Å²) in [6.07, 6.45) is 4.90. The Hall–Kier alpha value is -2.34. The molecule has 1 unspecified atom stereocenters. The van der Waals surface area contributed by atoms with Crippen molar-refractivity contribution in [2.24, 2.45) is 0 Å². The highest BCUT2D eigenvalue weighted by atomic mass is 16.5. The first-order valence-corrected chi connectivity index (χ1v) is 8.55. The van der Waals surface area contributed by atoms with Gasteiger partial charge in [0, 0.05) is 19.3 Å². The molecule has 6 heteroatoms. The average molecular weight is 328 g/mol. The molecule has 0 aliphatic carbocycles. The van der Waals surface area contributed by atoms with Crippen molar-refractivity contribution in [3.63, 3.8) is 0 Å². The molecule has 0 bridgehead atoms. The van der Waals surface area contributed by atoms with Gasteiger partial charge in [0.25, 0.3) is 5.91 Å². The van der Waals surface area contributed by atoms with Crippen LogP contribution >= 0.6 is 0 Å². The molecule has 1 aromatic heterocycles. The summed E-state index contributed by atoms with van der Waals surface area (Å²) in [5, 5.41) is 10.7. The fraction of sp³-hybridized carbons (Fsp3) is 0.444. The molecule has 1 amide bonds. The van der Waals surface area contributed by atoms with E-state index in [0.29, 0.717) is 24.9 Å². The van der Waals surface area contributed by atoms with E-state index in [0.717, 1.165) is 38.1 Å². The van der Waals surface area contributed by atoms with E-state index in [9.17, 15) is 4.79 Å². The van der Waals surface area contributed by atoms with E-state index in [-0.39, 0.29) is 5.91 Å². The average Bonchev–Trinajstić information content (AvgIpc) is 3.13. The third-order valence-corrected chi connectivity index (χ3v) is 4.10. The lowest BCUT2D eigenvalue weighted by Crippen LogP contribution is -2.32. The molecule has 0 saturated carbocycles. The van der Waals surface area contributed by atoms with Crippen molar-refractivity contribution in [2.75, 3.05) is 26.2 Å². The number of carbonyl (C=O) groups excluding carboxylic acids is 1. The second kappa shape index (κ2) is 8.49. The molecule has 1 atom stereocenters. The van der Waals surface area contributed by atoms with Crippen LogP contribution in [0.5, 0.6) is 5.75 Å². The Balaban J connectivity index is 1.38. The number of nitrogens with zero attached hydrogens (tertiary/aromatic N) is 2. The number of piperidine rings is 1. The molecule has 3 rings (SSSR count). The monoisotopic (exact) mass is 328 g/mol. The van der Waals surface area contributed by atoms with Crippen LogP contribution in [0.25, 0.3) is 0 Å². The minimum Gasteiger partial charge on any atom is -0.494 e. The van der Waals surface area contributed by atoms with E-state index in [4.69, 9.17) is 4.74 Å². The van der Waals surface area contributed by atoms with Crippen LogP contribution in [0.4, 0.5) is 0 Å². The van der Waals surface area contributed by atoms with Gasteiger partial charge in [-0.3, -0.25) is 9.48 Å². The second-order valence-corrected chi connectivity index (χ2v) is 5.95. The Kier molecular flexibility index (Phi) is 5.85. The topological polar surface area (TPSA) is 68.2 Å². The lowest BCUT2D eigenvalue weighted by atomic mass is 10.1. The Morgan fingerprint density at radius 2 is 2.21 bits per heavy atom. The molecule has 2 N–H and O–H groups in total. The first-order valence-electron chi connectivity index (χ1n) is 8.55. The van der Waals surface area contributed by atoms with Gasteiger partial charge in [0.05, 0.1) is 12.6 Å². The van der Waals surface area contributed by atoms with E-state index in [1.165, 1.54) is 0 Å². The number of amides is 1. The molecule has 1 aromatic carbocycles. The zero-order valence-electron chi connectivity index (χ0n) is 13.8. The number of ether oxygens (including phenoxy) is 1. The van der Waals surface area contributed by atoms with Crippen LogP contribution in [0.1, 0.15) is 35.8 Å². The van der Waals surface area contributed by atoms with E-state index in [2.05, 4.69) is 15.7 Å². The molecule has 1 fully saturated rings. The number of carbonyl (C=O) groups is 1. The van der Waals surface area contributed by atoms with Crippen LogP contribution in [0, 0.1) is 0 Å². The van der Waals surface area contributed by atoms with Crippen LogP contribution in [-0.4, -0.2) is 41.9 Å². The maximum absolute atomic E-state index is 12.1. The number of nitrogens with one attached hydrogen (secondary N) is 2. The minimum absolute atomic E-state index is 0.128. The van der Waals surface area contributed by atoms with Crippen LogP contribution in [-0.2, 0) is 0 Å². The van der Waals surface area contributed by atoms with Gasteiger partial charge in [-0.05, 0) is 44.0 Å². The quantitative estimate of drug-likeness (QED) is 0.763. The highest BCUT2D eigenvalue weighted by Gasteiger charge is 2.17. The van der Waals surface area contributed by atoms with E-state index >= 15 is 0 Å². The molecule has 0 spiro atoms. The van der Waals surface area contributed by atoms with Gasteiger partial charge < -0.3 is 15.4 Å². The smallest absolute Gasteiger partial charge is 0.271 e. The second-order valence-electron chi connectivity index (χ2n) is 5.95. The molecule has 2 heterocycles. The summed E-state index contributed by atoms with van der Waals surface area (Å²) >= 11 is 0. The molecule has 24 heavy (non-hydrogen) atoms. The van der Waals surface area contributed by atoms with Gasteiger partial charge >= 0.3 is 0 Å². The van der Waals surface area contributed by atoms with Crippen molar-refractivity contribution in [3.05, 3.63) is 48.3 Å². The zero-order chi connectivity index (χ0) is 16.6. The van der Waals surface area contributed by atoms with Crippen molar-refractivity contribution in [1.29, 1.82) is 0 Å². The highest BCUT2D eigenvalue weighted by Crippen LogP contribution is 2.15. The minimum atomic E-state index is -0.128. The van der Waals surface area contributed by atoms with Crippen LogP contribution < -0.4 is 15.4 Å². The van der Waals surface area contributed by atoms with Crippen LogP contribution in [0.15, 0.2) is 42.6 Å². The van der Waals surface area contributed by atoms with Crippen molar-refractivity contribution < 1.29 is 9.53 Å². The van der Waals surface area contributed by atoms with E-state index in [1.54, 1.807) is 6.07 Å². The fourth-order valence-corrected chi connectivity index (χ4v) is 2.79. The van der Waals surface area contributed by atoms with E-state index in [1.807, 2.05) is 41.2 Å². The third kappa shape index (κ3) is 4.58. The Labute approximate surface area is 142 Å². The van der Waals surface area contributed by atoms with Crippen LogP contribution in [0.2, 0.25) is 0 Å². The third-order valence-electron chi connectivity index (χ3n) is 4.10. The van der Waals surface area contributed by atoms with Crippen molar-refractivity contribution in [1.82, 2.24) is 20.4 Å². The Bertz CT molecular complexity index is 635.